The summed E-state index contributed by atoms with van der Waals surface area (Å²) in [5.74, 6) is 1.94. The highest BCUT2D eigenvalue weighted by molar-refractivity contribution is 7.26. The molecule has 0 N–H and O–H groups in total. The number of aromatic nitrogens is 4. The van der Waals surface area contributed by atoms with Crippen molar-refractivity contribution in [3.63, 3.8) is 0 Å². The van der Waals surface area contributed by atoms with E-state index in [1.54, 1.807) is 0 Å². The maximum Gasteiger partial charge on any atom is 0.164 e. The van der Waals surface area contributed by atoms with Crippen LogP contribution in [-0.2, 0) is 0 Å². The Labute approximate surface area is 263 Å². The molecule has 5 heteroatoms. The molecule has 4 nitrogen and oxygen atoms in total. The molecule has 210 valence electrons. The molecule has 3 heterocycles. The number of hydrogen-bond acceptors (Lipinski definition) is 5. The van der Waals surface area contributed by atoms with Crippen LogP contribution in [0.25, 0.3) is 87.3 Å². The fraction of sp³-hybridized carbons (Fsp3) is 0. The first kappa shape index (κ1) is 25.7. The molecule has 45 heavy (non-hydrogen) atoms. The molecule has 0 aliphatic carbocycles. The Morgan fingerprint density at radius 2 is 0.911 bits per heavy atom. The molecule has 9 aromatic rings. The van der Waals surface area contributed by atoms with Gasteiger partial charge in [-0.1, -0.05) is 140 Å². The summed E-state index contributed by atoms with van der Waals surface area (Å²) in [5.41, 5.74) is 5.91. The number of benzene rings is 6. The van der Waals surface area contributed by atoms with Crippen molar-refractivity contribution in [1.82, 2.24) is 19.9 Å². The van der Waals surface area contributed by atoms with Crippen molar-refractivity contribution in [3.8, 4) is 45.4 Å². The molecule has 9 rings (SSSR count). The van der Waals surface area contributed by atoms with Gasteiger partial charge in [-0.05, 0) is 11.5 Å². The van der Waals surface area contributed by atoms with Crippen LogP contribution in [0.2, 0.25) is 0 Å². The van der Waals surface area contributed by atoms with Crippen LogP contribution in [0, 0.1) is 0 Å². The third-order valence-corrected chi connectivity index (χ3v) is 9.50. The van der Waals surface area contributed by atoms with Gasteiger partial charge < -0.3 is 0 Å². The second kappa shape index (κ2) is 10.4. The minimum Gasteiger partial charge on any atom is -0.246 e. The highest BCUT2D eigenvalue weighted by Crippen LogP contribution is 2.44. The van der Waals surface area contributed by atoms with Crippen LogP contribution in [0.4, 0.5) is 0 Å². The van der Waals surface area contributed by atoms with E-state index in [4.69, 9.17) is 19.9 Å². The second-order valence-corrected chi connectivity index (χ2v) is 12.1. The molecule has 3 aromatic heterocycles. The fourth-order valence-corrected chi connectivity index (χ4v) is 7.36. The standard InChI is InChI=1S/C40H24N4S/c1-3-12-27(13-4-1)38-42-39(28-14-5-2-6-15-28)44-40(43-38)29-21-19-26(20-22-29)35-37-34(31-17-9-10-18-33(31)45-37)32-24-23-25-11-7-8-16-30(25)36(32)41-35/h1-24H. The smallest absolute Gasteiger partial charge is 0.164 e. The van der Waals surface area contributed by atoms with Gasteiger partial charge in [0.25, 0.3) is 0 Å². The molecular formula is C40H24N4S. The Morgan fingerprint density at radius 3 is 1.58 bits per heavy atom. The van der Waals surface area contributed by atoms with Crippen molar-refractivity contribution in [2.75, 3.05) is 0 Å². The van der Waals surface area contributed by atoms with E-state index in [-0.39, 0.29) is 0 Å². The van der Waals surface area contributed by atoms with E-state index in [2.05, 4.69) is 84.9 Å². The summed E-state index contributed by atoms with van der Waals surface area (Å²) in [6.45, 7) is 0. The zero-order valence-corrected chi connectivity index (χ0v) is 24.9. The predicted molar refractivity (Wildman–Crippen MR) is 187 cm³/mol. The Morgan fingerprint density at radius 1 is 0.378 bits per heavy atom. The Hall–Kier alpha value is -5.78. The summed E-state index contributed by atoms with van der Waals surface area (Å²) in [7, 11) is 0. The Balaban J connectivity index is 1.23. The lowest BCUT2D eigenvalue weighted by molar-refractivity contribution is 1.07. The fourth-order valence-electron chi connectivity index (χ4n) is 6.13. The lowest BCUT2D eigenvalue weighted by Crippen LogP contribution is -2.00. The Kier molecular flexibility index (Phi) is 5.96. The third kappa shape index (κ3) is 4.36. The molecular weight excluding hydrogens is 569 g/mol. The van der Waals surface area contributed by atoms with Gasteiger partial charge in [-0.25, -0.2) is 19.9 Å². The van der Waals surface area contributed by atoms with Crippen molar-refractivity contribution in [1.29, 1.82) is 0 Å². The predicted octanol–water partition coefficient (Wildman–Crippen LogP) is 10.6. The molecule has 0 aliphatic rings. The molecule has 0 saturated heterocycles. The number of hydrogen-bond donors (Lipinski definition) is 0. The van der Waals surface area contributed by atoms with Gasteiger partial charge in [0.1, 0.15) is 0 Å². The SMILES string of the molecule is c1ccc(-c2nc(-c3ccccc3)nc(-c3ccc(-c4nc5c6ccccc6ccc5c5c4sc4ccccc45)cc3)n2)cc1. The topological polar surface area (TPSA) is 51.6 Å². The van der Waals surface area contributed by atoms with E-state index in [9.17, 15) is 0 Å². The molecule has 6 aromatic carbocycles. The van der Waals surface area contributed by atoms with Gasteiger partial charge >= 0.3 is 0 Å². The summed E-state index contributed by atoms with van der Waals surface area (Å²) < 4.78 is 2.46. The lowest BCUT2D eigenvalue weighted by Gasteiger charge is -2.11. The van der Waals surface area contributed by atoms with Gasteiger partial charge in [-0.2, -0.15) is 0 Å². The maximum atomic E-state index is 5.38. The lowest BCUT2D eigenvalue weighted by atomic mass is 9.99. The molecule has 0 aliphatic heterocycles. The average Bonchev–Trinajstić information content (AvgIpc) is 3.52. The number of fused-ring (bicyclic) bond motifs is 7. The van der Waals surface area contributed by atoms with E-state index in [0.29, 0.717) is 17.5 Å². The maximum absolute atomic E-state index is 5.38. The van der Waals surface area contributed by atoms with Crippen molar-refractivity contribution < 1.29 is 0 Å². The Bertz CT molecular complexity index is 2460. The molecule has 0 radical (unpaired) electrons. The monoisotopic (exact) mass is 592 g/mol. The number of pyridine rings is 1. The molecule has 0 fully saturated rings. The van der Waals surface area contributed by atoms with Gasteiger partial charge in [-0.15, -0.1) is 11.3 Å². The van der Waals surface area contributed by atoms with Crippen LogP contribution >= 0.6 is 11.3 Å². The molecule has 0 saturated carbocycles. The van der Waals surface area contributed by atoms with Crippen molar-refractivity contribution in [2.24, 2.45) is 0 Å². The summed E-state index contributed by atoms with van der Waals surface area (Å²) in [4.78, 5) is 20.1. The molecule has 0 atom stereocenters. The molecule has 0 unspecified atom stereocenters. The minimum atomic E-state index is 0.638. The van der Waals surface area contributed by atoms with E-state index in [1.807, 2.05) is 72.0 Å². The summed E-state index contributed by atoms with van der Waals surface area (Å²) in [5, 5.41) is 6.08. The number of thiophene rings is 1. The molecule has 0 bridgehead atoms. The van der Waals surface area contributed by atoms with Gasteiger partial charge in [0.05, 0.1) is 15.9 Å². The van der Waals surface area contributed by atoms with Crippen molar-refractivity contribution in [2.45, 2.75) is 0 Å². The van der Waals surface area contributed by atoms with E-state index in [1.165, 1.54) is 30.9 Å². The van der Waals surface area contributed by atoms with Crippen LogP contribution < -0.4 is 0 Å². The average molecular weight is 593 g/mol. The van der Waals surface area contributed by atoms with E-state index in [0.717, 1.165) is 38.9 Å². The summed E-state index contributed by atoms with van der Waals surface area (Å²) in [6.07, 6.45) is 0. The molecule has 0 spiro atoms. The van der Waals surface area contributed by atoms with Crippen LogP contribution in [-0.4, -0.2) is 19.9 Å². The second-order valence-electron chi connectivity index (χ2n) is 11.1. The highest BCUT2D eigenvalue weighted by Gasteiger charge is 2.18. The first-order valence-electron chi connectivity index (χ1n) is 14.9. The quantitative estimate of drug-likeness (QED) is 0.191. The van der Waals surface area contributed by atoms with E-state index >= 15 is 0 Å². The van der Waals surface area contributed by atoms with Gasteiger partial charge in [-0.3, -0.25) is 0 Å². The zero-order chi connectivity index (χ0) is 29.7. The van der Waals surface area contributed by atoms with Crippen LogP contribution in [0.3, 0.4) is 0 Å². The van der Waals surface area contributed by atoms with Crippen molar-refractivity contribution >= 4 is 53.2 Å². The van der Waals surface area contributed by atoms with E-state index < -0.39 is 0 Å². The largest absolute Gasteiger partial charge is 0.246 e. The van der Waals surface area contributed by atoms with Gasteiger partial charge in [0.2, 0.25) is 0 Å². The normalized spacial score (nSPS) is 11.6. The summed E-state index contributed by atoms with van der Waals surface area (Å²) >= 11 is 1.81. The van der Waals surface area contributed by atoms with Crippen molar-refractivity contribution in [3.05, 3.63) is 146 Å². The van der Waals surface area contributed by atoms with Gasteiger partial charge in [0, 0.05) is 48.5 Å². The third-order valence-electron chi connectivity index (χ3n) is 8.32. The first-order valence-corrected chi connectivity index (χ1v) is 15.7. The number of nitrogens with zero attached hydrogens (tertiary/aromatic N) is 4. The minimum absolute atomic E-state index is 0.638. The zero-order valence-electron chi connectivity index (χ0n) is 24.1. The molecule has 0 amide bonds. The first-order chi connectivity index (χ1) is 22.3. The van der Waals surface area contributed by atoms with Crippen LogP contribution in [0.5, 0.6) is 0 Å². The summed E-state index contributed by atoms with van der Waals surface area (Å²) in [6, 6.07) is 50.2. The van der Waals surface area contributed by atoms with Gasteiger partial charge in [0.15, 0.2) is 17.5 Å². The highest BCUT2D eigenvalue weighted by atomic mass is 32.1. The number of rotatable bonds is 4. The van der Waals surface area contributed by atoms with Crippen LogP contribution in [0.1, 0.15) is 0 Å². The van der Waals surface area contributed by atoms with Crippen LogP contribution in [0.15, 0.2) is 146 Å².